The predicted molar refractivity (Wildman–Crippen MR) is 61.0 cm³/mol. The molecule has 0 radical (unpaired) electrons. The van der Waals surface area contributed by atoms with Crippen molar-refractivity contribution in [3.63, 3.8) is 0 Å². The van der Waals surface area contributed by atoms with Gasteiger partial charge < -0.3 is 9.64 Å². The Kier molecular flexibility index (Phi) is 4.13. The molecule has 0 aromatic heterocycles. The zero-order valence-electron chi connectivity index (χ0n) is 10.2. The van der Waals surface area contributed by atoms with Crippen LogP contribution in [0.5, 0.6) is 0 Å². The van der Waals surface area contributed by atoms with Crippen LogP contribution < -0.4 is 0 Å². The Morgan fingerprint density at radius 1 is 1.41 bits per heavy atom. The summed E-state index contributed by atoms with van der Waals surface area (Å²) in [6.45, 7) is 2.01. The number of sulfone groups is 1. The van der Waals surface area contributed by atoms with Gasteiger partial charge in [-0.15, -0.1) is 0 Å². The molecule has 1 aliphatic heterocycles. The van der Waals surface area contributed by atoms with E-state index in [1.807, 2.05) is 0 Å². The van der Waals surface area contributed by atoms with Gasteiger partial charge in [-0.25, -0.2) is 8.42 Å². The molecule has 0 aromatic carbocycles. The first-order valence-corrected chi connectivity index (χ1v) is 7.28. The van der Waals surface area contributed by atoms with Crippen LogP contribution in [0.25, 0.3) is 0 Å². The number of hydrogen-bond acceptors (Lipinski definition) is 5. The lowest BCUT2D eigenvalue weighted by Gasteiger charge is -2.19. The number of carbonyl (C=O) groups excluding carboxylic acids is 2. The smallest absolute Gasteiger partial charge is 0.310 e. The number of methoxy groups -OCH3 is 1. The largest absolute Gasteiger partial charge is 0.469 e. The van der Waals surface area contributed by atoms with E-state index in [-0.39, 0.29) is 18.4 Å². The highest BCUT2D eigenvalue weighted by Gasteiger charge is 2.36. The number of likely N-dealkylation sites (tertiary alicyclic amines) is 1. The lowest BCUT2D eigenvalue weighted by atomic mass is 10.1. The van der Waals surface area contributed by atoms with Gasteiger partial charge in [-0.2, -0.15) is 0 Å². The highest BCUT2D eigenvalue weighted by Crippen LogP contribution is 2.19. The van der Waals surface area contributed by atoms with Gasteiger partial charge in [0.15, 0.2) is 9.84 Å². The van der Waals surface area contributed by atoms with Crippen molar-refractivity contribution in [2.75, 3.05) is 26.5 Å². The molecule has 98 valence electrons. The Labute approximate surface area is 101 Å². The molecule has 1 amide bonds. The van der Waals surface area contributed by atoms with Crippen molar-refractivity contribution in [3.8, 4) is 0 Å². The van der Waals surface area contributed by atoms with Gasteiger partial charge in [0.25, 0.3) is 0 Å². The van der Waals surface area contributed by atoms with Crippen molar-refractivity contribution in [1.82, 2.24) is 4.90 Å². The maximum atomic E-state index is 11.8. The molecule has 1 fully saturated rings. The molecule has 0 spiro atoms. The molecular formula is C10H17NO5S. The van der Waals surface area contributed by atoms with Gasteiger partial charge in [-0.1, -0.05) is 0 Å². The maximum absolute atomic E-state index is 11.8. The molecule has 1 heterocycles. The summed E-state index contributed by atoms with van der Waals surface area (Å²) in [4.78, 5) is 24.5. The van der Waals surface area contributed by atoms with Crippen LogP contribution in [-0.2, 0) is 24.2 Å². The van der Waals surface area contributed by atoms with E-state index in [0.29, 0.717) is 13.0 Å². The van der Waals surface area contributed by atoms with Gasteiger partial charge in [0, 0.05) is 19.3 Å². The topological polar surface area (TPSA) is 80.8 Å². The molecule has 0 aromatic rings. The third-order valence-corrected chi connectivity index (χ3v) is 4.51. The van der Waals surface area contributed by atoms with Crippen molar-refractivity contribution < 1.29 is 22.7 Å². The van der Waals surface area contributed by atoms with E-state index in [2.05, 4.69) is 4.74 Å². The summed E-state index contributed by atoms with van der Waals surface area (Å²) in [5, 5.41) is -1.06. The number of nitrogens with zero attached hydrogens (tertiary/aromatic N) is 1. The minimum atomic E-state index is -3.39. The first-order chi connectivity index (χ1) is 7.77. The van der Waals surface area contributed by atoms with Crippen LogP contribution in [0, 0.1) is 5.92 Å². The summed E-state index contributed by atoms with van der Waals surface area (Å²) in [5.41, 5.74) is 0. The Morgan fingerprint density at radius 3 is 2.47 bits per heavy atom. The number of amides is 1. The van der Waals surface area contributed by atoms with Crippen LogP contribution in [-0.4, -0.2) is 56.9 Å². The minimum Gasteiger partial charge on any atom is -0.469 e. The second kappa shape index (κ2) is 5.03. The Bertz CT molecular complexity index is 416. The zero-order chi connectivity index (χ0) is 13.2. The summed E-state index contributed by atoms with van der Waals surface area (Å²) in [7, 11) is -2.09. The first kappa shape index (κ1) is 14.0. The number of hydrogen-bond donors (Lipinski definition) is 0. The number of carbonyl (C=O) groups is 2. The Morgan fingerprint density at radius 2 is 2.00 bits per heavy atom. The third-order valence-electron chi connectivity index (χ3n) is 3.02. The standard InChI is InChI=1S/C10H17NO5S/c1-7(17(3,14)15)9(12)11-5-4-8(6-11)10(13)16-2/h7-8H,4-6H2,1-3H3. The molecule has 17 heavy (non-hydrogen) atoms. The Hall–Kier alpha value is -1.11. The molecule has 7 heteroatoms. The van der Waals surface area contributed by atoms with Crippen LogP contribution in [0.1, 0.15) is 13.3 Å². The summed E-state index contributed by atoms with van der Waals surface area (Å²) >= 11 is 0. The van der Waals surface area contributed by atoms with Gasteiger partial charge in [0.1, 0.15) is 5.25 Å². The first-order valence-electron chi connectivity index (χ1n) is 5.33. The van der Waals surface area contributed by atoms with Crippen LogP contribution in [0.3, 0.4) is 0 Å². The van der Waals surface area contributed by atoms with Crippen LogP contribution in [0.2, 0.25) is 0 Å². The molecule has 0 N–H and O–H groups in total. The zero-order valence-corrected chi connectivity index (χ0v) is 11.0. The molecule has 2 unspecified atom stereocenters. The average Bonchev–Trinajstić information content (AvgIpc) is 2.73. The average molecular weight is 263 g/mol. The van der Waals surface area contributed by atoms with E-state index < -0.39 is 21.0 Å². The predicted octanol–water partition coefficient (Wildman–Crippen LogP) is -0.559. The van der Waals surface area contributed by atoms with E-state index in [0.717, 1.165) is 6.26 Å². The lowest BCUT2D eigenvalue weighted by Crippen LogP contribution is -2.40. The molecule has 0 bridgehead atoms. The molecule has 2 atom stereocenters. The fraction of sp³-hybridized carbons (Fsp3) is 0.800. The Balaban J connectivity index is 2.66. The second-order valence-electron chi connectivity index (χ2n) is 4.26. The van der Waals surface area contributed by atoms with Crippen molar-refractivity contribution in [2.24, 2.45) is 5.92 Å². The van der Waals surface area contributed by atoms with Gasteiger partial charge in [0.05, 0.1) is 13.0 Å². The normalized spacial score (nSPS) is 22.3. The quantitative estimate of drug-likeness (QED) is 0.638. The van der Waals surface area contributed by atoms with E-state index in [4.69, 9.17) is 0 Å². The van der Waals surface area contributed by atoms with Crippen molar-refractivity contribution in [2.45, 2.75) is 18.6 Å². The second-order valence-corrected chi connectivity index (χ2v) is 6.63. The molecule has 1 rings (SSSR count). The minimum absolute atomic E-state index is 0.241. The lowest BCUT2D eigenvalue weighted by molar-refractivity contribution is -0.145. The monoisotopic (exact) mass is 263 g/mol. The van der Waals surface area contributed by atoms with Gasteiger partial charge in [0.2, 0.25) is 5.91 Å². The van der Waals surface area contributed by atoms with Gasteiger partial charge in [-0.3, -0.25) is 9.59 Å². The van der Waals surface area contributed by atoms with Gasteiger partial charge in [-0.05, 0) is 13.3 Å². The van der Waals surface area contributed by atoms with E-state index in [9.17, 15) is 18.0 Å². The maximum Gasteiger partial charge on any atom is 0.310 e. The van der Waals surface area contributed by atoms with Crippen LogP contribution in [0.15, 0.2) is 0 Å². The SMILES string of the molecule is COC(=O)C1CCN(C(=O)C(C)S(C)(=O)=O)C1. The molecule has 6 nitrogen and oxygen atoms in total. The summed E-state index contributed by atoms with van der Waals surface area (Å²) in [6, 6.07) is 0. The number of esters is 1. The molecule has 0 saturated carbocycles. The number of rotatable bonds is 3. The fourth-order valence-electron chi connectivity index (χ4n) is 1.76. The van der Waals surface area contributed by atoms with E-state index in [1.54, 1.807) is 0 Å². The van der Waals surface area contributed by atoms with Crippen LogP contribution in [0.4, 0.5) is 0 Å². The third kappa shape index (κ3) is 3.18. The highest BCUT2D eigenvalue weighted by atomic mass is 32.2. The van der Waals surface area contributed by atoms with Crippen LogP contribution >= 0.6 is 0 Å². The summed E-state index contributed by atoms with van der Waals surface area (Å²) in [5.74, 6) is -1.14. The van der Waals surface area contributed by atoms with Gasteiger partial charge >= 0.3 is 5.97 Å². The fourth-order valence-corrected chi connectivity index (χ4v) is 2.28. The summed E-state index contributed by atoms with van der Waals surface area (Å²) in [6.07, 6.45) is 1.55. The van der Waals surface area contributed by atoms with Crippen molar-refractivity contribution in [1.29, 1.82) is 0 Å². The molecule has 1 saturated heterocycles. The van der Waals surface area contributed by atoms with E-state index in [1.165, 1.54) is 18.9 Å². The van der Waals surface area contributed by atoms with E-state index >= 15 is 0 Å². The summed E-state index contributed by atoms with van der Waals surface area (Å²) < 4.78 is 27.1. The number of ether oxygens (including phenoxy) is 1. The highest BCUT2D eigenvalue weighted by molar-refractivity contribution is 7.92. The van der Waals surface area contributed by atoms with Crippen molar-refractivity contribution >= 4 is 21.7 Å². The van der Waals surface area contributed by atoms with Crippen molar-refractivity contribution in [3.05, 3.63) is 0 Å². The molecule has 0 aliphatic carbocycles. The molecular weight excluding hydrogens is 246 g/mol. The molecule has 1 aliphatic rings.